The van der Waals surface area contributed by atoms with E-state index in [0.29, 0.717) is 12.3 Å². The summed E-state index contributed by atoms with van der Waals surface area (Å²) in [6.07, 6.45) is 0.581. The molecule has 0 fully saturated rings. The summed E-state index contributed by atoms with van der Waals surface area (Å²) in [5.41, 5.74) is 6.98. The number of carbonyl (C=O) groups excluding carboxylic acids is 1. The third-order valence-electron chi connectivity index (χ3n) is 3.01. The van der Waals surface area contributed by atoms with E-state index in [1.165, 1.54) is 0 Å². The average Bonchev–Trinajstić information content (AvgIpc) is 2.29. The molecule has 0 aromatic heterocycles. The maximum atomic E-state index is 11.8. The highest BCUT2D eigenvalue weighted by molar-refractivity contribution is 5.82. The van der Waals surface area contributed by atoms with Gasteiger partial charge in [-0.2, -0.15) is 0 Å². The van der Waals surface area contributed by atoms with Crippen LogP contribution in [0.1, 0.15) is 26.3 Å². The first-order valence-corrected chi connectivity index (χ1v) is 6.10. The van der Waals surface area contributed by atoms with Crippen molar-refractivity contribution in [2.45, 2.75) is 39.3 Å². The van der Waals surface area contributed by atoms with Crippen molar-refractivity contribution in [3.63, 3.8) is 0 Å². The van der Waals surface area contributed by atoms with Gasteiger partial charge in [0.05, 0.1) is 6.04 Å². The zero-order valence-corrected chi connectivity index (χ0v) is 10.8. The molecule has 0 aliphatic rings. The van der Waals surface area contributed by atoms with Crippen molar-refractivity contribution in [3.05, 3.63) is 35.9 Å². The Kier molecular flexibility index (Phi) is 5.16. The standard InChI is InChI=1S/C14H22N2O/c1-10(2)11(3)16-14(17)13(15)9-12-7-5-4-6-8-12/h4-8,10-11,13H,9,15H2,1-3H3,(H,16,17). The van der Waals surface area contributed by atoms with Gasteiger partial charge in [-0.25, -0.2) is 0 Å². The molecule has 0 heterocycles. The molecule has 94 valence electrons. The van der Waals surface area contributed by atoms with Crippen LogP contribution in [0.3, 0.4) is 0 Å². The summed E-state index contributed by atoms with van der Waals surface area (Å²) in [7, 11) is 0. The lowest BCUT2D eigenvalue weighted by Crippen LogP contribution is -2.47. The van der Waals surface area contributed by atoms with Crippen molar-refractivity contribution in [1.82, 2.24) is 5.32 Å². The summed E-state index contributed by atoms with van der Waals surface area (Å²) >= 11 is 0. The van der Waals surface area contributed by atoms with E-state index >= 15 is 0 Å². The van der Waals surface area contributed by atoms with E-state index in [9.17, 15) is 4.79 Å². The van der Waals surface area contributed by atoms with Gasteiger partial charge in [0.2, 0.25) is 5.91 Å². The van der Waals surface area contributed by atoms with Gasteiger partial charge in [-0.3, -0.25) is 4.79 Å². The van der Waals surface area contributed by atoms with Gasteiger partial charge in [-0.05, 0) is 24.8 Å². The Morgan fingerprint density at radius 3 is 2.35 bits per heavy atom. The SMILES string of the molecule is CC(C)C(C)NC(=O)C(N)Cc1ccccc1. The second-order valence-corrected chi connectivity index (χ2v) is 4.84. The summed E-state index contributed by atoms with van der Waals surface area (Å²) < 4.78 is 0. The van der Waals surface area contributed by atoms with E-state index in [2.05, 4.69) is 19.2 Å². The fraction of sp³-hybridized carbons (Fsp3) is 0.500. The lowest BCUT2D eigenvalue weighted by molar-refractivity contribution is -0.123. The number of rotatable bonds is 5. The van der Waals surface area contributed by atoms with Crippen LogP contribution >= 0.6 is 0 Å². The minimum Gasteiger partial charge on any atom is -0.352 e. The molecular formula is C14H22N2O. The van der Waals surface area contributed by atoms with E-state index in [4.69, 9.17) is 5.73 Å². The third kappa shape index (κ3) is 4.57. The van der Waals surface area contributed by atoms with Crippen molar-refractivity contribution in [2.24, 2.45) is 11.7 Å². The smallest absolute Gasteiger partial charge is 0.237 e. The lowest BCUT2D eigenvalue weighted by Gasteiger charge is -2.20. The van der Waals surface area contributed by atoms with Crippen LogP contribution in [0.4, 0.5) is 0 Å². The molecule has 1 aromatic rings. The Labute approximate surface area is 103 Å². The first-order chi connectivity index (χ1) is 8.00. The molecule has 0 aliphatic heterocycles. The van der Waals surface area contributed by atoms with Gasteiger partial charge in [0.25, 0.3) is 0 Å². The first-order valence-electron chi connectivity index (χ1n) is 6.10. The molecule has 3 nitrogen and oxygen atoms in total. The summed E-state index contributed by atoms with van der Waals surface area (Å²) in [6, 6.07) is 9.52. The highest BCUT2D eigenvalue weighted by Gasteiger charge is 2.17. The number of benzene rings is 1. The fourth-order valence-corrected chi connectivity index (χ4v) is 1.46. The second-order valence-electron chi connectivity index (χ2n) is 4.84. The quantitative estimate of drug-likeness (QED) is 0.815. The minimum atomic E-state index is -0.474. The van der Waals surface area contributed by atoms with Crippen LogP contribution in [0.25, 0.3) is 0 Å². The highest BCUT2D eigenvalue weighted by atomic mass is 16.2. The minimum absolute atomic E-state index is 0.0740. The second kappa shape index (κ2) is 6.40. The van der Waals surface area contributed by atoms with E-state index < -0.39 is 6.04 Å². The average molecular weight is 234 g/mol. The Balaban J connectivity index is 2.48. The zero-order chi connectivity index (χ0) is 12.8. The van der Waals surface area contributed by atoms with Crippen LogP contribution in [-0.4, -0.2) is 18.0 Å². The number of hydrogen-bond donors (Lipinski definition) is 2. The molecule has 0 bridgehead atoms. The van der Waals surface area contributed by atoms with Gasteiger partial charge >= 0.3 is 0 Å². The summed E-state index contributed by atoms with van der Waals surface area (Å²) in [5, 5.41) is 2.94. The maximum absolute atomic E-state index is 11.8. The number of nitrogens with two attached hydrogens (primary N) is 1. The van der Waals surface area contributed by atoms with Crippen LogP contribution in [0, 0.1) is 5.92 Å². The molecule has 0 saturated heterocycles. The molecule has 3 N–H and O–H groups in total. The van der Waals surface area contributed by atoms with Crippen LogP contribution in [0.2, 0.25) is 0 Å². The van der Waals surface area contributed by atoms with Crippen LogP contribution in [0.15, 0.2) is 30.3 Å². The Hall–Kier alpha value is -1.35. The normalized spacial score (nSPS) is 14.4. The van der Waals surface area contributed by atoms with E-state index in [-0.39, 0.29) is 11.9 Å². The first kappa shape index (κ1) is 13.7. The molecule has 0 saturated carbocycles. The van der Waals surface area contributed by atoms with E-state index in [1.807, 2.05) is 37.3 Å². The fourth-order valence-electron chi connectivity index (χ4n) is 1.46. The van der Waals surface area contributed by atoms with Crippen LogP contribution in [-0.2, 0) is 11.2 Å². The van der Waals surface area contributed by atoms with E-state index in [0.717, 1.165) is 5.56 Å². The predicted molar refractivity (Wildman–Crippen MR) is 70.6 cm³/mol. The highest BCUT2D eigenvalue weighted by Crippen LogP contribution is 2.04. The molecule has 17 heavy (non-hydrogen) atoms. The number of nitrogens with one attached hydrogen (secondary N) is 1. The largest absolute Gasteiger partial charge is 0.352 e. The Morgan fingerprint density at radius 1 is 1.24 bits per heavy atom. The predicted octanol–water partition coefficient (Wildman–Crippen LogP) is 1.72. The van der Waals surface area contributed by atoms with Crippen LogP contribution < -0.4 is 11.1 Å². The van der Waals surface area contributed by atoms with Crippen LogP contribution in [0.5, 0.6) is 0 Å². The zero-order valence-electron chi connectivity index (χ0n) is 10.8. The van der Waals surface area contributed by atoms with Gasteiger partial charge in [-0.1, -0.05) is 44.2 Å². The van der Waals surface area contributed by atoms with Gasteiger partial charge in [0.15, 0.2) is 0 Å². The number of carbonyl (C=O) groups is 1. The maximum Gasteiger partial charge on any atom is 0.237 e. The summed E-state index contributed by atoms with van der Waals surface area (Å²) in [6.45, 7) is 6.15. The molecule has 0 radical (unpaired) electrons. The third-order valence-corrected chi connectivity index (χ3v) is 3.01. The van der Waals surface area contributed by atoms with Crippen molar-refractivity contribution in [3.8, 4) is 0 Å². The van der Waals surface area contributed by atoms with Gasteiger partial charge in [-0.15, -0.1) is 0 Å². The number of hydrogen-bond acceptors (Lipinski definition) is 2. The Bertz CT molecular complexity index is 348. The molecular weight excluding hydrogens is 212 g/mol. The van der Waals surface area contributed by atoms with Crippen molar-refractivity contribution in [2.75, 3.05) is 0 Å². The van der Waals surface area contributed by atoms with E-state index in [1.54, 1.807) is 0 Å². The Morgan fingerprint density at radius 2 is 1.82 bits per heavy atom. The number of amides is 1. The molecule has 1 amide bonds. The summed E-state index contributed by atoms with van der Waals surface area (Å²) in [5.74, 6) is 0.345. The molecule has 0 spiro atoms. The van der Waals surface area contributed by atoms with Gasteiger partial charge < -0.3 is 11.1 Å². The van der Waals surface area contributed by atoms with Crippen molar-refractivity contribution < 1.29 is 4.79 Å². The molecule has 3 heteroatoms. The van der Waals surface area contributed by atoms with Gasteiger partial charge in [0, 0.05) is 6.04 Å². The van der Waals surface area contributed by atoms with Gasteiger partial charge in [0.1, 0.15) is 0 Å². The van der Waals surface area contributed by atoms with Crippen molar-refractivity contribution >= 4 is 5.91 Å². The molecule has 2 unspecified atom stereocenters. The monoisotopic (exact) mass is 234 g/mol. The molecule has 0 aliphatic carbocycles. The molecule has 1 rings (SSSR count). The topological polar surface area (TPSA) is 55.1 Å². The lowest BCUT2D eigenvalue weighted by atomic mass is 10.0. The summed E-state index contributed by atoms with van der Waals surface area (Å²) in [4.78, 5) is 11.8. The van der Waals surface area contributed by atoms with Crippen molar-refractivity contribution in [1.29, 1.82) is 0 Å². The molecule has 1 aromatic carbocycles. The molecule has 2 atom stereocenters.